The Bertz CT molecular complexity index is 864. The van der Waals surface area contributed by atoms with Gasteiger partial charge in [0.1, 0.15) is 6.17 Å². The molecule has 3 rings (SSSR count). The lowest BCUT2D eigenvalue weighted by Crippen LogP contribution is -2.47. The molecule has 4 atom stereocenters. The largest absolute Gasteiger partial charge is 0.465 e. The molecule has 0 unspecified atom stereocenters. The highest BCUT2D eigenvalue weighted by Crippen LogP contribution is 2.37. The number of aromatic nitrogens is 4. The molecular formula is C19H27FN6O3. The van der Waals surface area contributed by atoms with E-state index in [1.165, 1.54) is 11.8 Å². The summed E-state index contributed by atoms with van der Waals surface area (Å²) in [7, 11) is 1.79. The molecule has 1 aliphatic rings. The zero-order valence-corrected chi connectivity index (χ0v) is 16.8. The molecule has 0 aliphatic heterocycles. The van der Waals surface area contributed by atoms with Crippen molar-refractivity contribution in [1.82, 2.24) is 24.9 Å². The van der Waals surface area contributed by atoms with E-state index in [0.717, 1.165) is 17.7 Å². The maximum Gasteiger partial charge on any atom is 0.407 e. The van der Waals surface area contributed by atoms with Gasteiger partial charge in [0.2, 0.25) is 5.91 Å². The van der Waals surface area contributed by atoms with Gasteiger partial charge in [-0.2, -0.15) is 10.2 Å². The molecule has 10 heteroatoms. The van der Waals surface area contributed by atoms with Crippen molar-refractivity contribution in [3.05, 3.63) is 29.7 Å². The maximum absolute atomic E-state index is 13.7. The Hall–Kier alpha value is -2.91. The van der Waals surface area contributed by atoms with Crippen molar-refractivity contribution >= 4 is 17.8 Å². The first kappa shape index (κ1) is 20.8. The van der Waals surface area contributed by atoms with Gasteiger partial charge in [0.25, 0.3) is 0 Å². The van der Waals surface area contributed by atoms with Crippen LogP contribution in [0.3, 0.4) is 0 Å². The van der Waals surface area contributed by atoms with Gasteiger partial charge in [-0.1, -0.05) is 0 Å². The van der Waals surface area contributed by atoms with Crippen molar-refractivity contribution in [2.75, 3.05) is 5.32 Å². The number of aryl methyl sites for hydroxylation is 1. The monoisotopic (exact) mass is 406 g/mol. The number of alkyl halides is 1. The van der Waals surface area contributed by atoms with E-state index in [9.17, 15) is 19.1 Å². The van der Waals surface area contributed by atoms with Crippen LogP contribution in [-0.4, -0.2) is 60.2 Å². The van der Waals surface area contributed by atoms with Crippen LogP contribution >= 0.6 is 0 Å². The zero-order chi connectivity index (χ0) is 21.1. The molecule has 9 nitrogen and oxygen atoms in total. The summed E-state index contributed by atoms with van der Waals surface area (Å²) in [5, 5.41) is 23.4. The van der Waals surface area contributed by atoms with Crippen LogP contribution in [0, 0.1) is 0 Å². The van der Waals surface area contributed by atoms with Gasteiger partial charge < -0.3 is 10.4 Å². The molecule has 0 saturated heterocycles. The fourth-order valence-electron chi connectivity index (χ4n) is 3.92. The van der Waals surface area contributed by atoms with E-state index >= 15 is 0 Å². The van der Waals surface area contributed by atoms with E-state index in [1.54, 1.807) is 37.1 Å². The molecule has 1 fully saturated rings. The van der Waals surface area contributed by atoms with Crippen LogP contribution in [0.15, 0.2) is 18.5 Å². The highest BCUT2D eigenvalue weighted by Gasteiger charge is 2.37. The van der Waals surface area contributed by atoms with Crippen molar-refractivity contribution in [2.45, 2.75) is 63.7 Å². The second kappa shape index (κ2) is 8.62. The van der Waals surface area contributed by atoms with Crippen LogP contribution < -0.4 is 5.32 Å². The van der Waals surface area contributed by atoms with Gasteiger partial charge in [0, 0.05) is 37.0 Å². The van der Waals surface area contributed by atoms with Crippen molar-refractivity contribution < 1.29 is 19.1 Å². The molecule has 0 bridgehead atoms. The Morgan fingerprint density at radius 1 is 1.45 bits per heavy atom. The summed E-state index contributed by atoms with van der Waals surface area (Å²) in [6.07, 6.45) is 3.31. The number of halogens is 1. The number of hydrogen-bond donors (Lipinski definition) is 3. The number of aromatic amines is 1. The minimum Gasteiger partial charge on any atom is -0.465 e. The molecule has 29 heavy (non-hydrogen) atoms. The van der Waals surface area contributed by atoms with Gasteiger partial charge in [-0.3, -0.25) is 19.5 Å². The summed E-state index contributed by atoms with van der Waals surface area (Å²) >= 11 is 0. The second-order valence-electron chi connectivity index (χ2n) is 7.73. The standard InChI is InChI=1S/C19H27FN6O3/c1-11(20)12(2)26(19(28)29)15-5-4-14(7-15)16-8-17(24-23-16)22-18(27)6-13-9-21-25(3)10-13/h8-12,14-15H,4-7H2,1-3H3,(H,28,29)(H2,22,23,24,27)/t11-,12+,14+,15-/m1/s1. The summed E-state index contributed by atoms with van der Waals surface area (Å²) in [6, 6.07) is 0.846. The molecule has 2 aromatic heterocycles. The predicted molar refractivity (Wildman–Crippen MR) is 104 cm³/mol. The number of carbonyl (C=O) groups is 2. The Morgan fingerprint density at radius 3 is 2.83 bits per heavy atom. The molecule has 0 aromatic carbocycles. The fraction of sp³-hybridized carbons (Fsp3) is 0.579. The molecule has 2 amide bonds. The van der Waals surface area contributed by atoms with Crippen molar-refractivity contribution in [3.63, 3.8) is 0 Å². The van der Waals surface area contributed by atoms with Gasteiger partial charge in [-0.15, -0.1) is 0 Å². The molecule has 1 aliphatic carbocycles. The Balaban J connectivity index is 1.59. The van der Waals surface area contributed by atoms with E-state index in [-0.39, 0.29) is 24.3 Å². The minimum atomic E-state index is -1.24. The highest BCUT2D eigenvalue weighted by atomic mass is 19.1. The van der Waals surface area contributed by atoms with Gasteiger partial charge >= 0.3 is 6.09 Å². The number of carboxylic acid groups (broad SMARTS) is 1. The van der Waals surface area contributed by atoms with Crippen LogP contribution in [0.1, 0.15) is 50.3 Å². The minimum absolute atomic E-state index is 0.0837. The average Bonchev–Trinajstić information content (AvgIpc) is 3.36. The maximum atomic E-state index is 13.7. The third kappa shape index (κ3) is 4.93. The van der Waals surface area contributed by atoms with E-state index < -0.39 is 18.3 Å². The average molecular weight is 406 g/mol. The van der Waals surface area contributed by atoms with Gasteiger partial charge in [0.15, 0.2) is 5.82 Å². The Morgan fingerprint density at radius 2 is 2.21 bits per heavy atom. The number of amides is 2. The Labute approximate surface area is 168 Å². The van der Waals surface area contributed by atoms with Crippen molar-refractivity contribution in [3.8, 4) is 0 Å². The molecular weight excluding hydrogens is 379 g/mol. The topological polar surface area (TPSA) is 116 Å². The number of anilines is 1. The summed E-state index contributed by atoms with van der Waals surface area (Å²) in [5.41, 5.74) is 1.65. The van der Waals surface area contributed by atoms with E-state index in [4.69, 9.17) is 0 Å². The lowest BCUT2D eigenvalue weighted by molar-refractivity contribution is -0.115. The number of H-pyrrole nitrogens is 1. The first-order valence-corrected chi connectivity index (χ1v) is 9.72. The molecule has 1 saturated carbocycles. The van der Waals surface area contributed by atoms with Crippen LogP contribution in [-0.2, 0) is 18.3 Å². The van der Waals surface area contributed by atoms with Crippen molar-refractivity contribution in [1.29, 1.82) is 0 Å². The second-order valence-corrected chi connectivity index (χ2v) is 7.73. The van der Waals surface area contributed by atoms with E-state index in [1.807, 2.05) is 0 Å². The van der Waals surface area contributed by atoms with Crippen molar-refractivity contribution in [2.24, 2.45) is 7.05 Å². The quantitative estimate of drug-likeness (QED) is 0.654. The molecule has 0 radical (unpaired) electrons. The van der Waals surface area contributed by atoms with Crippen LogP contribution in [0.5, 0.6) is 0 Å². The van der Waals surface area contributed by atoms with Gasteiger partial charge in [-0.05, 0) is 38.7 Å². The first-order chi connectivity index (χ1) is 13.7. The van der Waals surface area contributed by atoms with Crippen LogP contribution in [0.25, 0.3) is 0 Å². The zero-order valence-electron chi connectivity index (χ0n) is 16.8. The fourth-order valence-corrected chi connectivity index (χ4v) is 3.92. The summed E-state index contributed by atoms with van der Waals surface area (Å²) in [5.74, 6) is 0.321. The number of nitrogens with one attached hydrogen (secondary N) is 2. The normalized spacial score (nSPS) is 21.0. The van der Waals surface area contributed by atoms with Gasteiger partial charge in [-0.25, -0.2) is 9.18 Å². The summed E-state index contributed by atoms with van der Waals surface area (Å²) in [4.78, 5) is 25.0. The smallest absolute Gasteiger partial charge is 0.407 e. The number of carbonyl (C=O) groups excluding carboxylic acids is 1. The SMILES string of the molecule is C[C@@H](F)[C@H](C)N(C(=O)O)[C@@H]1CC[C@H](c2cc(NC(=O)Cc3cnn(C)c3)n[nH]2)C1. The highest BCUT2D eigenvalue weighted by molar-refractivity contribution is 5.91. The van der Waals surface area contributed by atoms with Crippen LogP contribution in [0.2, 0.25) is 0 Å². The first-order valence-electron chi connectivity index (χ1n) is 9.72. The molecule has 158 valence electrons. The van der Waals surface area contributed by atoms with E-state index in [0.29, 0.717) is 18.7 Å². The third-order valence-corrected chi connectivity index (χ3v) is 5.55. The summed E-state index contributed by atoms with van der Waals surface area (Å²) < 4.78 is 15.3. The number of hydrogen-bond acceptors (Lipinski definition) is 4. The van der Waals surface area contributed by atoms with Crippen LogP contribution in [0.4, 0.5) is 15.0 Å². The molecule has 3 N–H and O–H groups in total. The molecule has 2 aromatic rings. The van der Waals surface area contributed by atoms with E-state index in [2.05, 4.69) is 20.6 Å². The number of rotatable bonds is 7. The van der Waals surface area contributed by atoms with Gasteiger partial charge in [0.05, 0.1) is 18.7 Å². The third-order valence-electron chi connectivity index (χ3n) is 5.55. The lowest BCUT2D eigenvalue weighted by atomic mass is 10.0. The molecule has 2 heterocycles. The summed E-state index contributed by atoms with van der Waals surface area (Å²) in [6.45, 7) is 2.97. The molecule has 0 spiro atoms. The number of nitrogens with zero attached hydrogens (tertiary/aromatic N) is 4. The lowest BCUT2D eigenvalue weighted by Gasteiger charge is -2.33. The Kier molecular flexibility index (Phi) is 6.19. The predicted octanol–water partition coefficient (Wildman–Crippen LogP) is 2.69.